The van der Waals surface area contributed by atoms with E-state index in [1.165, 1.54) is 12.1 Å². The molecule has 2 rings (SSSR count). The largest absolute Gasteiger partial charge is 0.322 e. The van der Waals surface area contributed by atoms with Crippen LogP contribution in [0.5, 0.6) is 0 Å². The molecule has 1 unspecified atom stereocenters. The van der Waals surface area contributed by atoms with Crippen molar-refractivity contribution >= 4 is 50.9 Å². The molecule has 3 nitrogen and oxygen atoms in total. The summed E-state index contributed by atoms with van der Waals surface area (Å²) in [4.78, 5) is 11.8. The van der Waals surface area contributed by atoms with Crippen molar-refractivity contribution in [3.63, 3.8) is 0 Å². The Hall–Kier alpha value is -0.300. The molecule has 1 heterocycles. The molecule has 1 saturated heterocycles. The number of halogens is 3. The number of nitrogens with one attached hydrogen (secondary N) is 2. The van der Waals surface area contributed by atoms with Crippen molar-refractivity contribution < 1.29 is 9.18 Å². The summed E-state index contributed by atoms with van der Waals surface area (Å²) in [7, 11) is 0. The van der Waals surface area contributed by atoms with Crippen molar-refractivity contribution in [1.29, 1.82) is 0 Å². The maximum atomic E-state index is 13.0. The molecule has 1 aliphatic heterocycles. The Morgan fingerprint density at radius 3 is 3.00 bits per heavy atom. The summed E-state index contributed by atoms with van der Waals surface area (Å²) < 4.78 is 13.4. The topological polar surface area (TPSA) is 41.1 Å². The quantitative estimate of drug-likeness (QED) is 0.870. The Morgan fingerprint density at radius 1 is 1.65 bits per heavy atom. The molecule has 0 bridgehead atoms. The highest BCUT2D eigenvalue weighted by Crippen LogP contribution is 2.32. The van der Waals surface area contributed by atoms with Gasteiger partial charge in [-0.2, -0.15) is 0 Å². The maximum Gasteiger partial charge on any atom is 0.242 e. The first kappa shape index (κ1) is 13.1. The van der Waals surface area contributed by atoms with Crippen LogP contribution in [0.3, 0.4) is 0 Å². The van der Waals surface area contributed by atoms with E-state index in [0.717, 1.165) is 11.6 Å². The van der Waals surface area contributed by atoms with Crippen LogP contribution in [0.15, 0.2) is 16.6 Å². The van der Waals surface area contributed by atoms with Gasteiger partial charge in [0.05, 0.1) is 16.8 Å². The molecule has 1 fully saturated rings. The van der Waals surface area contributed by atoms with Crippen LogP contribution in [0.2, 0.25) is 5.02 Å². The number of thioether (sulfide) groups is 1. The molecule has 0 aromatic heterocycles. The van der Waals surface area contributed by atoms with Gasteiger partial charge in [0.2, 0.25) is 5.91 Å². The number of amides is 1. The molecule has 2 N–H and O–H groups in total. The third kappa shape index (κ3) is 3.13. The number of hydrogen-bond acceptors (Lipinski definition) is 3. The van der Waals surface area contributed by atoms with Crippen LogP contribution in [0.1, 0.15) is 0 Å². The molecular weight excluding hydrogens is 331 g/mol. The molecular formula is C10H9BrClFN2OS. The lowest BCUT2D eigenvalue weighted by Gasteiger charge is -2.13. The van der Waals surface area contributed by atoms with Gasteiger partial charge in [0.25, 0.3) is 0 Å². The van der Waals surface area contributed by atoms with E-state index in [4.69, 9.17) is 11.6 Å². The van der Waals surface area contributed by atoms with E-state index < -0.39 is 5.82 Å². The van der Waals surface area contributed by atoms with E-state index in [9.17, 15) is 9.18 Å². The monoisotopic (exact) mass is 338 g/mol. The summed E-state index contributed by atoms with van der Waals surface area (Å²) >= 11 is 10.7. The van der Waals surface area contributed by atoms with Gasteiger partial charge in [-0.05, 0) is 28.1 Å². The first-order valence-electron chi connectivity index (χ1n) is 4.84. The van der Waals surface area contributed by atoms with Gasteiger partial charge in [0.15, 0.2) is 0 Å². The Morgan fingerprint density at radius 2 is 2.41 bits per heavy atom. The number of carbonyl (C=O) groups excluding carboxylic acids is 1. The summed E-state index contributed by atoms with van der Waals surface area (Å²) in [6.45, 7) is 0. The average Bonchev–Trinajstić information content (AvgIpc) is 2.76. The predicted octanol–water partition coefficient (Wildman–Crippen LogP) is 2.84. The van der Waals surface area contributed by atoms with E-state index in [2.05, 4.69) is 26.6 Å². The minimum absolute atomic E-state index is 0.163. The Balaban J connectivity index is 2.15. The van der Waals surface area contributed by atoms with Crippen LogP contribution in [0, 0.1) is 5.82 Å². The van der Waals surface area contributed by atoms with Gasteiger partial charge in [-0.15, -0.1) is 11.8 Å². The van der Waals surface area contributed by atoms with E-state index in [0.29, 0.717) is 10.2 Å². The summed E-state index contributed by atoms with van der Waals surface area (Å²) in [5, 5.41) is 5.91. The molecule has 1 amide bonds. The first-order chi connectivity index (χ1) is 8.08. The molecule has 1 atom stereocenters. The molecule has 1 aromatic rings. The van der Waals surface area contributed by atoms with Gasteiger partial charge in [-0.25, -0.2) is 4.39 Å². The number of hydrogen-bond donors (Lipinski definition) is 2. The second-order valence-corrected chi connectivity index (χ2v) is 5.80. The normalized spacial score (nSPS) is 19.4. The third-order valence-electron chi connectivity index (χ3n) is 2.29. The van der Waals surface area contributed by atoms with Crippen molar-refractivity contribution in [3.05, 3.63) is 27.4 Å². The van der Waals surface area contributed by atoms with Crippen LogP contribution in [0.4, 0.5) is 10.1 Å². The van der Waals surface area contributed by atoms with Crippen molar-refractivity contribution in [2.75, 3.05) is 16.9 Å². The minimum atomic E-state index is -0.450. The molecule has 17 heavy (non-hydrogen) atoms. The number of anilines is 1. The fourth-order valence-corrected chi connectivity index (χ4v) is 3.28. The lowest BCUT2D eigenvalue weighted by molar-refractivity contribution is -0.117. The molecule has 1 aromatic carbocycles. The lowest BCUT2D eigenvalue weighted by atomic mass is 10.2. The van der Waals surface area contributed by atoms with Crippen molar-refractivity contribution in [3.8, 4) is 0 Å². The van der Waals surface area contributed by atoms with E-state index in [1.54, 1.807) is 11.8 Å². The third-order valence-corrected chi connectivity index (χ3v) is 4.15. The standard InChI is InChI=1S/C10H9BrClFN2OS/c11-6-1-5(13)2-7(12)9(6)15-10(16)8-3-17-4-14-8/h1-2,8,14H,3-4H2,(H,15,16). The van der Waals surface area contributed by atoms with Crippen LogP contribution in [-0.4, -0.2) is 23.6 Å². The van der Waals surface area contributed by atoms with Gasteiger partial charge in [-0.3, -0.25) is 10.1 Å². The lowest BCUT2D eigenvalue weighted by Crippen LogP contribution is -2.37. The summed E-state index contributed by atoms with van der Waals surface area (Å²) in [5.41, 5.74) is 0.400. The fourth-order valence-electron chi connectivity index (χ4n) is 1.44. The molecule has 92 valence electrons. The number of benzene rings is 1. The minimum Gasteiger partial charge on any atom is -0.322 e. The Labute approximate surface area is 116 Å². The Bertz CT molecular complexity index is 431. The molecule has 0 aliphatic carbocycles. The summed E-state index contributed by atoms with van der Waals surface area (Å²) in [6.07, 6.45) is 0. The average molecular weight is 340 g/mol. The molecule has 0 spiro atoms. The highest BCUT2D eigenvalue weighted by molar-refractivity contribution is 9.10. The van der Waals surface area contributed by atoms with E-state index in [-0.39, 0.29) is 17.0 Å². The SMILES string of the molecule is O=C(Nc1c(Cl)cc(F)cc1Br)C1CSCN1. The predicted molar refractivity (Wildman–Crippen MR) is 72.0 cm³/mol. The fraction of sp³-hybridized carbons (Fsp3) is 0.300. The molecule has 1 aliphatic rings. The Kier molecular flexibility index (Phi) is 4.30. The van der Waals surface area contributed by atoms with Gasteiger partial charge >= 0.3 is 0 Å². The second-order valence-electron chi connectivity index (χ2n) is 3.51. The van der Waals surface area contributed by atoms with Crippen LogP contribution in [-0.2, 0) is 4.79 Å². The zero-order valence-corrected chi connectivity index (χ0v) is 11.8. The first-order valence-corrected chi connectivity index (χ1v) is 7.17. The molecule has 0 saturated carbocycles. The van der Waals surface area contributed by atoms with Crippen molar-refractivity contribution in [2.45, 2.75) is 6.04 Å². The number of rotatable bonds is 2. The van der Waals surface area contributed by atoms with Crippen LogP contribution >= 0.6 is 39.3 Å². The summed E-state index contributed by atoms with van der Waals surface area (Å²) in [5.74, 6) is 0.872. The van der Waals surface area contributed by atoms with Gasteiger partial charge in [0, 0.05) is 16.1 Å². The molecule has 7 heteroatoms. The zero-order chi connectivity index (χ0) is 12.4. The van der Waals surface area contributed by atoms with E-state index in [1.807, 2.05) is 0 Å². The van der Waals surface area contributed by atoms with E-state index >= 15 is 0 Å². The smallest absolute Gasteiger partial charge is 0.242 e. The highest BCUT2D eigenvalue weighted by Gasteiger charge is 2.23. The van der Waals surface area contributed by atoms with Crippen LogP contribution < -0.4 is 10.6 Å². The maximum absolute atomic E-state index is 13.0. The van der Waals surface area contributed by atoms with Crippen molar-refractivity contribution in [1.82, 2.24) is 5.32 Å². The summed E-state index contributed by atoms with van der Waals surface area (Å²) in [6, 6.07) is 2.20. The second kappa shape index (κ2) is 5.56. The van der Waals surface area contributed by atoms with Crippen molar-refractivity contribution in [2.24, 2.45) is 0 Å². The number of carbonyl (C=O) groups is 1. The zero-order valence-electron chi connectivity index (χ0n) is 8.60. The highest BCUT2D eigenvalue weighted by atomic mass is 79.9. The van der Waals surface area contributed by atoms with Crippen LogP contribution in [0.25, 0.3) is 0 Å². The molecule has 0 radical (unpaired) electrons. The van der Waals surface area contributed by atoms with Gasteiger partial charge < -0.3 is 5.32 Å². The van der Waals surface area contributed by atoms with Gasteiger partial charge in [-0.1, -0.05) is 11.6 Å². The van der Waals surface area contributed by atoms with Gasteiger partial charge in [0.1, 0.15) is 5.82 Å².